The molecule has 2 aromatic carbocycles. The van der Waals surface area contributed by atoms with Crippen LogP contribution in [0.4, 0.5) is 8.78 Å². The monoisotopic (exact) mass is 344 g/mol. The summed E-state index contributed by atoms with van der Waals surface area (Å²) in [4.78, 5) is 16.5. The summed E-state index contributed by atoms with van der Waals surface area (Å²) in [5, 5.41) is 0. The van der Waals surface area contributed by atoms with Crippen molar-refractivity contribution in [1.29, 1.82) is 0 Å². The molecule has 25 heavy (non-hydrogen) atoms. The van der Waals surface area contributed by atoms with Crippen molar-refractivity contribution in [1.82, 2.24) is 9.80 Å². The summed E-state index contributed by atoms with van der Waals surface area (Å²) in [6, 6.07) is 13.0. The Morgan fingerprint density at radius 3 is 2.28 bits per heavy atom. The van der Waals surface area contributed by atoms with E-state index in [4.69, 9.17) is 0 Å². The second kappa shape index (κ2) is 8.21. The fraction of sp³-hybridized carbons (Fsp3) is 0.350. The number of benzene rings is 2. The highest BCUT2D eigenvalue weighted by atomic mass is 19.1. The lowest BCUT2D eigenvalue weighted by molar-refractivity contribution is -0.132. The fourth-order valence-electron chi connectivity index (χ4n) is 3.08. The van der Waals surface area contributed by atoms with Gasteiger partial charge in [-0.05, 0) is 35.7 Å². The molecule has 1 fully saturated rings. The molecule has 0 saturated carbocycles. The molecule has 1 aliphatic rings. The predicted molar refractivity (Wildman–Crippen MR) is 93.2 cm³/mol. The van der Waals surface area contributed by atoms with Crippen molar-refractivity contribution in [2.24, 2.45) is 0 Å². The van der Waals surface area contributed by atoms with Crippen molar-refractivity contribution in [3.05, 3.63) is 71.3 Å². The first-order valence-corrected chi connectivity index (χ1v) is 8.60. The molecule has 1 aliphatic heterocycles. The van der Waals surface area contributed by atoms with Gasteiger partial charge >= 0.3 is 0 Å². The molecular weight excluding hydrogens is 322 g/mol. The van der Waals surface area contributed by atoms with Crippen LogP contribution in [0.15, 0.2) is 48.5 Å². The van der Waals surface area contributed by atoms with Gasteiger partial charge in [-0.15, -0.1) is 0 Å². The van der Waals surface area contributed by atoms with Crippen LogP contribution in [-0.4, -0.2) is 48.4 Å². The molecule has 3 rings (SSSR count). The maximum absolute atomic E-state index is 13.7. The minimum atomic E-state index is -0.325. The molecule has 1 saturated heterocycles. The number of carbonyl (C=O) groups is 1. The Hall–Kier alpha value is -2.27. The Kier molecular flexibility index (Phi) is 5.76. The molecule has 0 radical (unpaired) electrons. The van der Waals surface area contributed by atoms with Gasteiger partial charge in [-0.3, -0.25) is 9.69 Å². The normalized spacial score (nSPS) is 15.4. The Balaban J connectivity index is 1.44. The average Bonchev–Trinajstić information content (AvgIpc) is 2.63. The molecule has 1 amide bonds. The molecule has 0 aliphatic carbocycles. The van der Waals surface area contributed by atoms with Gasteiger partial charge in [0, 0.05) is 32.7 Å². The lowest BCUT2D eigenvalue weighted by atomic mass is 10.1. The number of carbonyl (C=O) groups excluding carboxylic acids is 1. The molecule has 0 unspecified atom stereocenters. The summed E-state index contributed by atoms with van der Waals surface area (Å²) in [7, 11) is 0. The maximum atomic E-state index is 13.7. The van der Waals surface area contributed by atoms with Crippen LogP contribution in [0.2, 0.25) is 0 Å². The van der Waals surface area contributed by atoms with Crippen molar-refractivity contribution < 1.29 is 13.6 Å². The van der Waals surface area contributed by atoms with Crippen molar-refractivity contribution in [3.63, 3.8) is 0 Å². The van der Waals surface area contributed by atoms with Crippen molar-refractivity contribution >= 4 is 5.91 Å². The number of piperazine rings is 1. The van der Waals surface area contributed by atoms with E-state index in [0.717, 1.165) is 31.6 Å². The molecular formula is C20H22F2N2O. The SMILES string of the molecule is O=C(Cc1ccccc1F)N1CCN(CCc2ccc(F)cc2)CC1. The van der Waals surface area contributed by atoms with Gasteiger partial charge in [-0.1, -0.05) is 30.3 Å². The van der Waals surface area contributed by atoms with E-state index in [1.165, 1.54) is 18.2 Å². The number of nitrogens with zero attached hydrogens (tertiary/aromatic N) is 2. The minimum Gasteiger partial charge on any atom is -0.340 e. The first-order chi connectivity index (χ1) is 12.1. The van der Waals surface area contributed by atoms with Gasteiger partial charge in [0.25, 0.3) is 0 Å². The Bertz CT molecular complexity index is 710. The molecule has 1 heterocycles. The largest absolute Gasteiger partial charge is 0.340 e. The molecule has 3 nitrogen and oxygen atoms in total. The van der Waals surface area contributed by atoms with Crippen LogP contribution >= 0.6 is 0 Å². The topological polar surface area (TPSA) is 23.6 Å². The summed E-state index contributed by atoms with van der Waals surface area (Å²) in [6.45, 7) is 3.84. The molecule has 5 heteroatoms. The van der Waals surface area contributed by atoms with Gasteiger partial charge in [-0.2, -0.15) is 0 Å². The van der Waals surface area contributed by atoms with E-state index in [1.54, 1.807) is 23.1 Å². The van der Waals surface area contributed by atoms with E-state index in [9.17, 15) is 13.6 Å². The van der Waals surface area contributed by atoms with Crippen LogP contribution in [0, 0.1) is 11.6 Å². The summed E-state index contributed by atoms with van der Waals surface area (Å²) in [5.41, 5.74) is 1.56. The first-order valence-electron chi connectivity index (χ1n) is 8.60. The number of hydrogen-bond acceptors (Lipinski definition) is 2. The third-order valence-corrected chi connectivity index (χ3v) is 4.65. The van der Waals surface area contributed by atoms with Crippen molar-refractivity contribution in [2.45, 2.75) is 12.8 Å². The maximum Gasteiger partial charge on any atom is 0.227 e. The molecule has 0 aromatic heterocycles. The van der Waals surface area contributed by atoms with E-state index in [1.807, 2.05) is 12.1 Å². The molecule has 0 N–H and O–H groups in total. The van der Waals surface area contributed by atoms with Crippen LogP contribution in [0.3, 0.4) is 0 Å². The number of rotatable bonds is 5. The molecule has 0 bridgehead atoms. The third-order valence-electron chi connectivity index (χ3n) is 4.65. The van der Waals surface area contributed by atoms with Crippen LogP contribution in [-0.2, 0) is 17.6 Å². The van der Waals surface area contributed by atoms with E-state index < -0.39 is 0 Å². The van der Waals surface area contributed by atoms with Crippen LogP contribution < -0.4 is 0 Å². The quantitative estimate of drug-likeness (QED) is 0.833. The lowest BCUT2D eigenvalue weighted by Crippen LogP contribution is -2.49. The molecule has 0 atom stereocenters. The number of amides is 1. The highest BCUT2D eigenvalue weighted by Crippen LogP contribution is 2.11. The third kappa shape index (κ3) is 4.86. The summed E-state index contributed by atoms with van der Waals surface area (Å²) in [6.07, 6.45) is 0.978. The highest BCUT2D eigenvalue weighted by Gasteiger charge is 2.21. The second-order valence-electron chi connectivity index (χ2n) is 6.37. The fourth-order valence-corrected chi connectivity index (χ4v) is 3.08. The number of hydrogen-bond donors (Lipinski definition) is 0. The van der Waals surface area contributed by atoms with Crippen molar-refractivity contribution in [3.8, 4) is 0 Å². The van der Waals surface area contributed by atoms with Gasteiger partial charge in [0.15, 0.2) is 0 Å². The molecule has 132 valence electrons. The van der Waals surface area contributed by atoms with Crippen molar-refractivity contribution in [2.75, 3.05) is 32.7 Å². The van der Waals surface area contributed by atoms with Gasteiger partial charge in [0.05, 0.1) is 6.42 Å². The van der Waals surface area contributed by atoms with Crippen LogP contribution in [0.5, 0.6) is 0 Å². The summed E-state index contributed by atoms with van der Waals surface area (Å²) < 4.78 is 26.6. The van der Waals surface area contributed by atoms with Crippen LogP contribution in [0.1, 0.15) is 11.1 Å². The summed E-state index contributed by atoms with van der Waals surface area (Å²) in [5.74, 6) is -0.567. The van der Waals surface area contributed by atoms with E-state index in [2.05, 4.69) is 4.90 Å². The number of halogens is 2. The van der Waals surface area contributed by atoms with Gasteiger partial charge in [0.2, 0.25) is 5.91 Å². The standard InChI is InChI=1S/C20H22F2N2O/c21-18-7-5-16(6-8-18)9-10-23-11-13-24(14-12-23)20(25)15-17-3-1-2-4-19(17)22/h1-8H,9-15H2. The smallest absolute Gasteiger partial charge is 0.227 e. The van der Waals surface area contributed by atoms with E-state index >= 15 is 0 Å². The molecule has 0 spiro atoms. The van der Waals surface area contributed by atoms with Crippen LogP contribution in [0.25, 0.3) is 0 Å². The van der Waals surface area contributed by atoms with Gasteiger partial charge in [0.1, 0.15) is 11.6 Å². The first kappa shape index (κ1) is 17.5. The predicted octanol–water partition coefficient (Wildman–Crippen LogP) is 2.89. The van der Waals surface area contributed by atoms with Gasteiger partial charge in [-0.25, -0.2) is 8.78 Å². The Labute approximate surface area is 146 Å². The zero-order valence-electron chi connectivity index (χ0n) is 14.1. The van der Waals surface area contributed by atoms with Gasteiger partial charge < -0.3 is 4.90 Å². The summed E-state index contributed by atoms with van der Waals surface area (Å²) >= 11 is 0. The Morgan fingerprint density at radius 2 is 1.60 bits per heavy atom. The van der Waals surface area contributed by atoms with E-state index in [0.29, 0.717) is 18.7 Å². The molecule has 2 aromatic rings. The highest BCUT2D eigenvalue weighted by molar-refractivity contribution is 5.79. The Morgan fingerprint density at radius 1 is 0.920 bits per heavy atom. The zero-order chi connectivity index (χ0) is 17.6. The van der Waals surface area contributed by atoms with E-state index in [-0.39, 0.29) is 24.0 Å². The minimum absolute atomic E-state index is 0.0247. The lowest BCUT2D eigenvalue weighted by Gasteiger charge is -2.34. The average molecular weight is 344 g/mol. The second-order valence-corrected chi connectivity index (χ2v) is 6.37. The zero-order valence-corrected chi connectivity index (χ0v) is 14.1.